The van der Waals surface area contributed by atoms with Crippen LogP contribution in [0.3, 0.4) is 0 Å². The summed E-state index contributed by atoms with van der Waals surface area (Å²) in [7, 11) is 0. The highest BCUT2D eigenvalue weighted by Crippen LogP contribution is 2.09. The van der Waals surface area contributed by atoms with Gasteiger partial charge < -0.3 is 9.84 Å². The fraction of sp³-hybridized carbons (Fsp3) is 0.846. The van der Waals surface area contributed by atoms with Crippen LogP contribution in [0.15, 0.2) is 4.52 Å². The fourth-order valence-electron chi connectivity index (χ4n) is 2.55. The van der Waals surface area contributed by atoms with Crippen molar-refractivity contribution in [2.75, 3.05) is 13.1 Å². The molecule has 0 spiro atoms. The van der Waals surface area contributed by atoms with Crippen LogP contribution in [0.4, 0.5) is 0 Å². The Hall–Kier alpha value is -0.940. The number of unbranched alkanes of at least 4 members (excludes halogenated alkanes) is 1. The van der Waals surface area contributed by atoms with Crippen LogP contribution in [0, 0.1) is 0 Å². The number of hydrogen-bond donors (Lipinski definition) is 1. The van der Waals surface area contributed by atoms with E-state index in [1.165, 1.54) is 0 Å². The second-order valence-corrected chi connectivity index (χ2v) is 5.37. The largest absolute Gasteiger partial charge is 0.338 e. The van der Waals surface area contributed by atoms with Gasteiger partial charge in [-0.1, -0.05) is 18.5 Å². The Morgan fingerprint density at radius 2 is 2.06 bits per heavy atom. The molecule has 0 amide bonds. The minimum Gasteiger partial charge on any atom is -0.338 e. The predicted octanol–water partition coefficient (Wildman–Crippen LogP) is 1.59. The summed E-state index contributed by atoms with van der Waals surface area (Å²) in [4.78, 5) is 6.83. The van der Waals surface area contributed by atoms with Crippen molar-refractivity contribution in [3.05, 3.63) is 11.7 Å². The van der Waals surface area contributed by atoms with Crippen molar-refractivity contribution in [1.82, 2.24) is 20.4 Å². The first kappa shape index (κ1) is 13.5. The Labute approximate surface area is 109 Å². The molecule has 2 atom stereocenters. The molecule has 1 aliphatic rings. The first-order chi connectivity index (χ1) is 8.67. The fourth-order valence-corrected chi connectivity index (χ4v) is 2.55. The van der Waals surface area contributed by atoms with Crippen molar-refractivity contribution in [2.24, 2.45) is 0 Å². The quantitative estimate of drug-likeness (QED) is 0.862. The van der Waals surface area contributed by atoms with E-state index in [9.17, 15) is 0 Å². The molecule has 2 unspecified atom stereocenters. The summed E-state index contributed by atoms with van der Waals surface area (Å²) in [6.45, 7) is 9.44. The molecule has 1 N–H and O–H groups in total. The molecule has 102 valence electrons. The molecule has 0 bridgehead atoms. The van der Waals surface area contributed by atoms with E-state index in [2.05, 4.69) is 41.1 Å². The molecule has 5 nitrogen and oxygen atoms in total. The van der Waals surface area contributed by atoms with Crippen LogP contribution in [0.5, 0.6) is 0 Å². The molecule has 18 heavy (non-hydrogen) atoms. The van der Waals surface area contributed by atoms with Gasteiger partial charge in [-0.2, -0.15) is 4.98 Å². The lowest BCUT2D eigenvalue weighted by Crippen LogP contribution is -2.53. The lowest BCUT2D eigenvalue weighted by molar-refractivity contribution is 0.149. The molecule has 0 aliphatic carbocycles. The van der Waals surface area contributed by atoms with E-state index in [1.807, 2.05) is 0 Å². The Bertz CT molecular complexity index is 356. The summed E-state index contributed by atoms with van der Waals surface area (Å²) < 4.78 is 5.31. The molecule has 2 heterocycles. The normalized spacial score (nSPS) is 25.5. The van der Waals surface area contributed by atoms with Crippen LogP contribution < -0.4 is 5.32 Å². The number of hydrogen-bond acceptors (Lipinski definition) is 5. The van der Waals surface area contributed by atoms with Gasteiger partial charge in [-0.3, -0.25) is 4.90 Å². The monoisotopic (exact) mass is 252 g/mol. The maximum absolute atomic E-state index is 5.31. The smallest absolute Gasteiger partial charge is 0.240 e. The number of aryl methyl sites for hydroxylation is 1. The third kappa shape index (κ3) is 3.78. The van der Waals surface area contributed by atoms with Crippen molar-refractivity contribution in [3.63, 3.8) is 0 Å². The molecule has 5 heteroatoms. The van der Waals surface area contributed by atoms with E-state index in [1.54, 1.807) is 0 Å². The van der Waals surface area contributed by atoms with E-state index in [-0.39, 0.29) is 0 Å². The van der Waals surface area contributed by atoms with Crippen LogP contribution in [0.25, 0.3) is 0 Å². The van der Waals surface area contributed by atoms with Crippen LogP contribution in [-0.2, 0) is 13.0 Å². The van der Waals surface area contributed by atoms with Gasteiger partial charge in [0.05, 0.1) is 6.54 Å². The Kier molecular flexibility index (Phi) is 4.72. The van der Waals surface area contributed by atoms with Crippen LogP contribution in [-0.4, -0.2) is 40.2 Å². The van der Waals surface area contributed by atoms with Gasteiger partial charge in [0.1, 0.15) is 0 Å². The van der Waals surface area contributed by atoms with Crippen LogP contribution >= 0.6 is 0 Å². The topological polar surface area (TPSA) is 54.2 Å². The molecule has 2 rings (SSSR count). The maximum atomic E-state index is 5.31. The maximum Gasteiger partial charge on any atom is 0.240 e. The molecule has 1 aromatic rings. The number of nitrogens with one attached hydrogen (secondary N) is 1. The van der Waals surface area contributed by atoms with Crippen LogP contribution in [0.1, 0.15) is 45.3 Å². The van der Waals surface area contributed by atoms with Gasteiger partial charge in [0.2, 0.25) is 5.89 Å². The summed E-state index contributed by atoms with van der Waals surface area (Å²) in [5.74, 6) is 1.60. The van der Waals surface area contributed by atoms with Crippen molar-refractivity contribution in [2.45, 2.75) is 58.7 Å². The predicted molar refractivity (Wildman–Crippen MR) is 70.2 cm³/mol. The van der Waals surface area contributed by atoms with Crippen molar-refractivity contribution >= 4 is 0 Å². The molecule has 1 fully saturated rings. The van der Waals surface area contributed by atoms with Gasteiger partial charge in [0.25, 0.3) is 0 Å². The summed E-state index contributed by atoms with van der Waals surface area (Å²) in [5.41, 5.74) is 0. The number of rotatable bonds is 5. The SMILES string of the molecule is CCCCc1noc(CN2CC(C)NC(C)C2)n1. The molecule has 1 aliphatic heterocycles. The third-order valence-corrected chi connectivity index (χ3v) is 3.26. The zero-order valence-electron chi connectivity index (χ0n) is 11.6. The van der Waals surface area contributed by atoms with Crippen molar-refractivity contribution < 1.29 is 4.52 Å². The Morgan fingerprint density at radius 1 is 1.33 bits per heavy atom. The minimum absolute atomic E-state index is 0.524. The van der Waals surface area contributed by atoms with Crippen LogP contribution in [0.2, 0.25) is 0 Å². The summed E-state index contributed by atoms with van der Waals surface area (Å²) in [5, 5.41) is 7.55. The molecule has 0 radical (unpaired) electrons. The second-order valence-electron chi connectivity index (χ2n) is 5.37. The molecule has 0 aromatic carbocycles. The van der Waals surface area contributed by atoms with Crippen molar-refractivity contribution in [3.8, 4) is 0 Å². The molecular weight excluding hydrogens is 228 g/mol. The van der Waals surface area contributed by atoms with Gasteiger partial charge in [0.15, 0.2) is 5.82 Å². The Balaban J connectivity index is 1.86. The summed E-state index contributed by atoms with van der Waals surface area (Å²) >= 11 is 0. The molecule has 1 aromatic heterocycles. The average molecular weight is 252 g/mol. The van der Waals surface area contributed by atoms with E-state index < -0.39 is 0 Å². The van der Waals surface area contributed by atoms with E-state index >= 15 is 0 Å². The number of nitrogens with zero attached hydrogens (tertiary/aromatic N) is 3. The van der Waals surface area contributed by atoms with E-state index in [0.29, 0.717) is 12.1 Å². The number of piperazine rings is 1. The van der Waals surface area contributed by atoms with E-state index in [4.69, 9.17) is 4.52 Å². The molecule has 1 saturated heterocycles. The van der Waals surface area contributed by atoms with Gasteiger partial charge in [-0.05, 0) is 20.3 Å². The highest BCUT2D eigenvalue weighted by molar-refractivity contribution is 4.89. The Morgan fingerprint density at radius 3 is 2.72 bits per heavy atom. The summed E-state index contributed by atoms with van der Waals surface area (Å²) in [6.07, 6.45) is 3.21. The van der Waals surface area contributed by atoms with Gasteiger partial charge in [-0.25, -0.2) is 0 Å². The summed E-state index contributed by atoms with van der Waals surface area (Å²) in [6, 6.07) is 1.05. The van der Waals surface area contributed by atoms with Gasteiger partial charge >= 0.3 is 0 Å². The lowest BCUT2D eigenvalue weighted by Gasteiger charge is -2.35. The van der Waals surface area contributed by atoms with Crippen molar-refractivity contribution in [1.29, 1.82) is 0 Å². The van der Waals surface area contributed by atoms with Gasteiger partial charge in [0, 0.05) is 31.6 Å². The second kappa shape index (κ2) is 6.29. The highest BCUT2D eigenvalue weighted by Gasteiger charge is 2.22. The zero-order chi connectivity index (χ0) is 13.0. The lowest BCUT2D eigenvalue weighted by atomic mass is 10.1. The van der Waals surface area contributed by atoms with Gasteiger partial charge in [-0.15, -0.1) is 0 Å². The first-order valence-corrected chi connectivity index (χ1v) is 6.97. The average Bonchev–Trinajstić information content (AvgIpc) is 2.72. The molecule has 0 saturated carbocycles. The zero-order valence-corrected chi connectivity index (χ0v) is 11.6. The highest BCUT2D eigenvalue weighted by atomic mass is 16.5. The molecular formula is C13H24N4O. The number of aromatic nitrogens is 2. The van der Waals surface area contributed by atoms with E-state index in [0.717, 1.165) is 50.6 Å². The third-order valence-electron chi connectivity index (χ3n) is 3.26. The first-order valence-electron chi connectivity index (χ1n) is 6.97. The minimum atomic E-state index is 0.524. The standard InChI is InChI=1S/C13H24N4O/c1-4-5-6-12-15-13(18-16-12)9-17-7-10(2)14-11(3)8-17/h10-11,14H,4-9H2,1-3H3.